The van der Waals surface area contributed by atoms with Gasteiger partial charge in [-0.05, 0) is 12.1 Å². The number of hydrogen-bond donors (Lipinski definition) is 1. The normalized spacial score (nSPS) is 16.4. The van der Waals surface area contributed by atoms with Crippen LogP contribution in [0.4, 0.5) is 6.01 Å². The van der Waals surface area contributed by atoms with E-state index < -0.39 is 0 Å². The highest BCUT2D eigenvalue weighted by Gasteiger charge is 2.17. The van der Waals surface area contributed by atoms with E-state index in [9.17, 15) is 4.79 Å². The molecule has 0 bridgehead atoms. The average molecular weight is 231 g/mol. The standard InChI is InChI=1S/C12H13N3O2/c16-8-9-2-1-3-10-11(9)14-12(17-10)15-6-4-13-5-7-15/h1-3,8,13H,4-7H2. The van der Waals surface area contributed by atoms with Crippen LogP contribution in [0.2, 0.25) is 0 Å². The highest BCUT2D eigenvalue weighted by atomic mass is 16.4. The van der Waals surface area contributed by atoms with Gasteiger partial charge in [0.05, 0.1) is 0 Å². The Labute approximate surface area is 98.4 Å². The van der Waals surface area contributed by atoms with Crippen LogP contribution in [0.25, 0.3) is 11.1 Å². The molecule has 0 spiro atoms. The quantitative estimate of drug-likeness (QED) is 0.783. The molecule has 1 saturated heterocycles. The number of para-hydroxylation sites is 1. The third-order valence-corrected chi connectivity index (χ3v) is 2.95. The first-order valence-corrected chi connectivity index (χ1v) is 5.69. The van der Waals surface area contributed by atoms with Gasteiger partial charge in [0.25, 0.3) is 6.01 Å². The van der Waals surface area contributed by atoms with Gasteiger partial charge in [-0.1, -0.05) is 6.07 Å². The topological polar surface area (TPSA) is 58.4 Å². The van der Waals surface area contributed by atoms with E-state index in [1.54, 1.807) is 12.1 Å². The van der Waals surface area contributed by atoms with E-state index >= 15 is 0 Å². The zero-order valence-corrected chi connectivity index (χ0v) is 9.35. The fourth-order valence-electron chi connectivity index (χ4n) is 2.04. The minimum Gasteiger partial charge on any atom is -0.423 e. The number of aromatic nitrogens is 1. The Bertz CT molecular complexity index is 544. The molecular formula is C12H13N3O2. The van der Waals surface area contributed by atoms with E-state index in [-0.39, 0.29) is 0 Å². The molecule has 5 heteroatoms. The van der Waals surface area contributed by atoms with Crippen LogP contribution in [0.1, 0.15) is 10.4 Å². The van der Waals surface area contributed by atoms with Gasteiger partial charge in [0.15, 0.2) is 11.9 Å². The minimum absolute atomic E-state index is 0.577. The summed E-state index contributed by atoms with van der Waals surface area (Å²) in [5.41, 5.74) is 1.90. The van der Waals surface area contributed by atoms with Crippen molar-refractivity contribution in [2.45, 2.75) is 0 Å². The van der Waals surface area contributed by atoms with Gasteiger partial charge in [-0.25, -0.2) is 0 Å². The maximum Gasteiger partial charge on any atom is 0.298 e. The largest absolute Gasteiger partial charge is 0.423 e. The van der Waals surface area contributed by atoms with Crippen LogP contribution in [-0.2, 0) is 0 Å². The van der Waals surface area contributed by atoms with Crippen molar-refractivity contribution < 1.29 is 9.21 Å². The fraction of sp³-hybridized carbons (Fsp3) is 0.333. The van der Waals surface area contributed by atoms with Crippen molar-refractivity contribution in [3.63, 3.8) is 0 Å². The number of carbonyl (C=O) groups excluding carboxylic acids is 1. The molecule has 0 atom stereocenters. The SMILES string of the molecule is O=Cc1cccc2oc(N3CCNCC3)nc12. The van der Waals surface area contributed by atoms with Crippen LogP contribution in [-0.4, -0.2) is 37.4 Å². The molecule has 0 aliphatic carbocycles. The van der Waals surface area contributed by atoms with Gasteiger partial charge in [0, 0.05) is 31.7 Å². The van der Waals surface area contributed by atoms with Crippen LogP contribution in [0.5, 0.6) is 0 Å². The second-order valence-corrected chi connectivity index (χ2v) is 4.05. The number of anilines is 1. The Morgan fingerprint density at radius 3 is 2.94 bits per heavy atom. The van der Waals surface area contributed by atoms with E-state index in [0.29, 0.717) is 22.7 Å². The number of carbonyl (C=O) groups is 1. The molecule has 5 nitrogen and oxygen atoms in total. The van der Waals surface area contributed by atoms with E-state index in [0.717, 1.165) is 32.5 Å². The number of fused-ring (bicyclic) bond motifs is 1. The Balaban J connectivity index is 2.03. The number of benzene rings is 1. The van der Waals surface area contributed by atoms with Crippen molar-refractivity contribution in [1.29, 1.82) is 0 Å². The molecule has 1 aliphatic rings. The number of nitrogens with one attached hydrogen (secondary N) is 1. The zero-order valence-electron chi connectivity index (χ0n) is 9.35. The van der Waals surface area contributed by atoms with Gasteiger partial charge in [-0.3, -0.25) is 4.79 Å². The number of piperazine rings is 1. The molecule has 1 aromatic carbocycles. The Kier molecular flexibility index (Phi) is 2.53. The van der Waals surface area contributed by atoms with E-state index in [2.05, 4.69) is 15.2 Å². The molecule has 1 aliphatic heterocycles. The van der Waals surface area contributed by atoms with Gasteiger partial charge in [0.2, 0.25) is 0 Å². The molecule has 1 fully saturated rings. The van der Waals surface area contributed by atoms with Crippen LogP contribution >= 0.6 is 0 Å². The molecule has 0 saturated carbocycles. The average Bonchev–Trinajstić information content (AvgIpc) is 2.83. The minimum atomic E-state index is 0.577. The summed E-state index contributed by atoms with van der Waals surface area (Å²) in [6.07, 6.45) is 0.812. The molecule has 0 unspecified atom stereocenters. The van der Waals surface area contributed by atoms with Crippen molar-refractivity contribution in [1.82, 2.24) is 10.3 Å². The molecule has 88 valence electrons. The van der Waals surface area contributed by atoms with Gasteiger partial charge in [-0.15, -0.1) is 0 Å². The first-order chi connectivity index (χ1) is 8.38. The lowest BCUT2D eigenvalue weighted by atomic mass is 10.2. The molecule has 1 N–H and O–H groups in total. The summed E-state index contributed by atoms with van der Waals surface area (Å²) in [5.74, 6) is 0. The second kappa shape index (κ2) is 4.18. The zero-order chi connectivity index (χ0) is 11.7. The summed E-state index contributed by atoms with van der Waals surface area (Å²) < 4.78 is 5.68. The summed E-state index contributed by atoms with van der Waals surface area (Å²) in [6.45, 7) is 3.62. The van der Waals surface area contributed by atoms with Gasteiger partial charge in [-0.2, -0.15) is 4.98 Å². The lowest BCUT2D eigenvalue weighted by Gasteiger charge is -2.25. The lowest BCUT2D eigenvalue weighted by Crippen LogP contribution is -2.43. The first kappa shape index (κ1) is 10.3. The molecule has 0 amide bonds. The van der Waals surface area contributed by atoms with Crippen LogP contribution in [0.15, 0.2) is 22.6 Å². The molecule has 2 heterocycles. The van der Waals surface area contributed by atoms with Crippen molar-refractivity contribution in [3.05, 3.63) is 23.8 Å². The first-order valence-electron chi connectivity index (χ1n) is 5.69. The van der Waals surface area contributed by atoms with Gasteiger partial charge >= 0.3 is 0 Å². The summed E-state index contributed by atoms with van der Waals surface area (Å²) in [4.78, 5) is 17.4. The maximum atomic E-state index is 10.9. The number of hydrogen-bond acceptors (Lipinski definition) is 5. The summed E-state index contributed by atoms with van der Waals surface area (Å²) in [7, 11) is 0. The van der Waals surface area contributed by atoms with Crippen molar-refractivity contribution in [3.8, 4) is 0 Å². The predicted molar refractivity (Wildman–Crippen MR) is 64.5 cm³/mol. The third kappa shape index (κ3) is 1.78. The predicted octanol–water partition coefficient (Wildman–Crippen LogP) is 1.05. The smallest absolute Gasteiger partial charge is 0.298 e. The van der Waals surface area contributed by atoms with Crippen LogP contribution in [0, 0.1) is 0 Å². The van der Waals surface area contributed by atoms with Crippen molar-refractivity contribution >= 4 is 23.4 Å². The lowest BCUT2D eigenvalue weighted by molar-refractivity contribution is 0.112. The van der Waals surface area contributed by atoms with E-state index in [4.69, 9.17) is 4.42 Å². The third-order valence-electron chi connectivity index (χ3n) is 2.95. The van der Waals surface area contributed by atoms with E-state index in [1.807, 2.05) is 6.07 Å². The molecular weight excluding hydrogens is 218 g/mol. The van der Waals surface area contributed by atoms with Gasteiger partial charge in [0.1, 0.15) is 5.52 Å². The Morgan fingerprint density at radius 2 is 2.18 bits per heavy atom. The number of nitrogens with zero attached hydrogens (tertiary/aromatic N) is 2. The van der Waals surface area contributed by atoms with Crippen LogP contribution < -0.4 is 10.2 Å². The van der Waals surface area contributed by atoms with Gasteiger partial charge < -0.3 is 14.6 Å². The van der Waals surface area contributed by atoms with Crippen LogP contribution in [0.3, 0.4) is 0 Å². The number of oxazole rings is 1. The monoisotopic (exact) mass is 231 g/mol. The highest BCUT2D eigenvalue weighted by Crippen LogP contribution is 2.23. The Morgan fingerprint density at radius 1 is 1.35 bits per heavy atom. The van der Waals surface area contributed by atoms with Crippen molar-refractivity contribution in [2.24, 2.45) is 0 Å². The fourth-order valence-corrected chi connectivity index (χ4v) is 2.04. The summed E-state index contributed by atoms with van der Waals surface area (Å²) >= 11 is 0. The number of aldehydes is 1. The highest BCUT2D eigenvalue weighted by molar-refractivity contribution is 5.93. The molecule has 0 radical (unpaired) electrons. The van der Waals surface area contributed by atoms with Crippen molar-refractivity contribution in [2.75, 3.05) is 31.1 Å². The molecule has 2 aromatic rings. The molecule has 3 rings (SSSR count). The molecule has 17 heavy (non-hydrogen) atoms. The van der Waals surface area contributed by atoms with E-state index in [1.165, 1.54) is 0 Å². The Hall–Kier alpha value is -1.88. The summed E-state index contributed by atoms with van der Waals surface area (Å²) in [6, 6.07) is 6.00. The maximum absolute atomic E-state index is 10.9. The molecule has 1 aromatic heterocycles. The number of rotatable bonds is 2. The summed E-state index contributed by atoms with van der Waals surface area (Å²) in [5, 5.41) is 3.27. The second-order valence-electron chi connectivity index (χ2n) is 4.05.